The highest BCUT2D eigenvalue weighted by atomic mass is 32.2. The van der Waals surface area contributed by atoms with E-state index in [0.717, 1.165) is 5.56 Å². The zero-order chi connectivity index (χ0) is 17.4. The molecule has 0 unspecified atom stereocenters. The number of hydrogen-bond donors (Lipinski definition) is 1. The Hall–Kier alpha value is -2.19. The molecule has 6 nitrogen and oxygen atoms in total. The van der Waals surface area contributed by atoms with E-state index in [0.29, 0.717) is 30.7 Å². The smallest absolute Gasteiger partial charge is 0.230 e. The monoisotopic (exact) mass is 350 g/mol. The number of carbonyl (C=O) groups is 1. The minimum atomic E-state index is -0.297. The number of methoxy groups -OCH3 is 1. The highest BCUT2D eigenvalue weighted by molar-refractivity contribution is 7.99. The third-order valence-corrected chi connectivity index (χ3v) is 4.08. The van der Waals surface area contributed by atoms with E-state index in [-0.39, 0.29) is 17.5 Å². The standard InChI is InChI=1S/C16H19FN4O2S/c1-3-8-21-14(10-23-2)19-20-16(21)24-11-15(22)18-9-12-4-6-13(17)7-5-12/h3-7H,1,8-11H2,2H3,(H,18,22). The average Bonchev–Trinajstić information content (AvgIpc) is 2.95. The predicted molar refractivity (Wildman–Crippen MR) is 89.9 cm³/mol. The quantitative estimate of drug-likeness (QED) is 0.554. The number of carbonyl (C=O) groups excluding carboxylic acids is 1. The molecule has 0 radical (unpaired) electrons. The molecular formula is C16H19FN4O2S. The summed E-state index contributed by atoms with van der Waals surface area (Å²) in [6.07, 6.45) is 1.74. The molecule has 0 saturated heterocycles. The number of aromatic nitrogens is 3. The Kier molecular flexibility index (Phi) is 6.95. The van der Waals surface area contributed by atoms with Gasteiger partial charge < -0.3 is 14.6 Å². The largest absolute Gasteiger partial charge is 0.377 e. The molecule has 2 aromatic rings. The third kappa shape index (κ3) is 5.17. The van der Waals surface area contributed by atoms with Gasteiger partial charge in [-0.25, -0.2) is 4.39 Å². The van der Waals surface area contributed by atoms with Gasteiger partial charge in [-0.05, 0) is 17.7 Å². The molecule has 0 bridgehead atoms. The van der Waals surface area contributed by atoms with Crippen LogP contribution in [0.3, 0.4) is 0 Å². The zero-order valence-corrected chi connectivity index (χ0v) is 14.2. The zero-order valence-electron chi connectivity index (χ0n) is 13.4. The van der Waals surface area contributed by atoms with Crippen LogP contribution < -0.4 is 5.32 Å². The molecule has 1 aromatic heterocycles. The molecule has 0 aliphatic heterocycles. The fourth-order valence-corrected chi connectivity index (χ4v) is 2.75. The molecular weight excluding hydrogens is 331 g/mol. The lowest BCUT2D eigenvalue weighted by molar-refractivity contribution is -0.118. The van der Waals surface area contributed by atoms with Gasteiger partial charge in [0, 0.05) is 20.2 Å². The van der Waals surface area contributed by atoms with Crippen LogP contribution in [0.5, 0.6) is 0 Å². The van der Waals surface area contributed by atoms with Gasteiger partial charge in [-0.3, -0.25) is 4.79 Å². The number of benzene rings is 1. The summed E-state index contributed by atoms with van der Waals surface area (Å²) in [6.45, 7) is 4.96. The van der Waals surface area contributed by atoms with E-state index >= 15 is 0 Å². The molecule has 1 heterocycles. The summed E-state index contributed by atoms with van der Waals surface area (Å²) in [6, 6.07) is 6.01. The number of nitrogens with one attached hydrogen (secondary N) is 1. The van der Waals surface area contributed by atoms with E-state index in [1.165, 1.54) is 23.9 Å². The van der Waals surface area contributed by atoms with Crippen molar-refractivity contribution in [2.45, 2.75) is 24.9 Å². The van der Waals surface area contributed by atoms with Crippen molar-refractivity contribution < 1.29 is 13.9 Å². The van der Waals surface area contributed by atoms with Gasteiger partial charge >= 0.3 is 0 Å². The number of ether oxygens (including phenoxy) is 1. The van der Waals surface area contributed by atoms with E-state index in [1.54, 1.807) is 25.3 Å². The van der Waals surface area contributed by atoms with Crippen molar-refractivity contribution in [2.24, 2.45) is 0 Å². The van der Waals surface area contributed by atoms with E-state index in [9.17, 15) is 9.18 Å². The molecule has 0 saturated carbocycles. The minimum Gasteiger partial charge on any atom is -0.377 e. The number of rotatable bonds is 9. The Morgan fingerprint density at radius 2 is 2.17 bits per heavy atom. The van der Waals surface area contributed by atoms with Gasteiger partial charge in [-0.15, -0.1) is 16.8 Å². The molecule has 8 heteroatoms. The maximum Gasteiger partial charge on any atom is 0.230 e. The third-order valence-electron chi connectivity index (χ3n) is 3.11. The Morgan fingerprint density at radius 1 is 1.42 bits per heavy atom. The van der Waals surface area contributed by atoms with Crippen LogP contribution in [-0.2, 0) is 29.2 Å². The van der Waals surface area contributed by atoms with Crippen LogP contribution in [0.2, 0.25) is 0 Å². The first kappa shape index (κ1) is 18.2. The summed E-state index contributed by atoms with van der Waals surface area (Å²) >= 11 is 1.29. The number of halogens is 1. The lowest BCUT2D eigenvalue weighted by Crippen LogP contribution is -2.24. The molecule has 0 atom stereocenters. The lowest BCUT2D eigenvalue weighted by atomic mass is 10.2. The summed E-state index contributed by atoms with van der Waals surface area (Å²) in [5.41, 5.74) is 0.840. The number of nitrogens with zero attached hydrogens (tertiary/aromatic N) is 3. The topological polar surface area (TPSA) is 69.0 Å². The molecule has 0 spiro atoms. The molecule has 2 rings (SSSR count). The van der Waals surface area contributed by atoms with Gasteiger partial charge in [-0.2, -0.15) is 0 Å². The summed E-state index contributed by atoms with van der Waals surface area (Å²) in [4.78, 5) is 12.0. The molecule has 0 fully saturated rings. The molecule has 128 valence electrons. The second kappa shape index (κ2) is 9.19. The molecule has 1 aromatic carbocycles. The van der Waals surface area contributed by atoms with Gasteiger partial charge in [0.05, 0.1) is 5.75 Å². The van der Waals surface area contributed by atoms with E-state index in [4.69, 9.17) is 4.74 Å². The van der Waals surface area contributed by atoms with E-state index in [2.05, 4.69) is 22.1 Å². The summed E-state index contributed by atoms with van der Waals surface area (Å²) in [5, 5.41) is 11.6. The van der Waals surface area contributed by atoms with Crippen molar-refractivity contribution >= 4 is 17.7 Å². The van der Waals surface area contributed by atoms with Crippen molar-refractivity contribution in [3.05, 3.63) is 54.1 Å². The number of hydrogen-bond acceptors (Lipinski definition) is 5. The Morgan fingerprint density at radius 3 is 2.83 bits per heavy atom. The Labute approximate surface area is 144 Å². The summed E-state index contributed by atoms with van der Waals surface area (Å²) in [7, 11) is 1.59. The molecule has 1 amide bonds. The maximum absolute atomic E-state index is 12.8. The van der Waals surface area contributed by atoms with Crippen LogP contribution in [-0.4, -0.2) is 33.5 Å². The van der Waals surface area contributed by atoms with Crippen LogP contribution in [0, 0.1) is 5.82 Å². The van der Waals surface area contributed by atoms with Crippen molar-refractivity contribution in [3.8, 4) is 0 Å². The first-order valence-corrected chi connectivity index (χ1v) is 8.28. The fourth-order valence-electron chi connectivity index (χ4n) is 1.96. The maximum atomic E-state index is 12.8. The van der Waals surface area contributed by atoms with Crippen LogP contribution in [0.1, 0.15) is 11.4 Å². The fraction of sp³-hybridized carbons (Fsp3) is 0.312. The van der Waals surface area contributed by atoms with E-state index < -0.39 is 0 Å². The highest BCUT2D eigenvalue weighted by Crippen LogP contribution is 2.17. The first-order valence-electron chi connectivity index (χ1n) is 7.30. The molecule has 0 aliphatic rings. The van der Waals surface area contributed by atoms with Gasteiger partial charge in [0.25, 0.3) is 0 Å². The van der Waals surface area contributed by atoms with Crippen molar-refractivity contribution in [1.82, 2.24) is 20.1 Å². The lowest BCUT2D eigenvalue weighted by Gasteiger charge is -2.07. The van der Waals surface area contributed by atoms with Crippen LogP contribution in [0.25, 0.3) is 0 Å². The molecule has 0 aliphatic carbocycles. The SMILES string of the molecule is C=CCn1c(COC)nnc1SCC(=O)NCc1ccc(F)cc1. The van der Waals surface area contributed by atoms with Crippen LogP contribution >= 0.6 is 11.8 Å². The van der Waals surface area contributed by atoms with Crippen molar-refractivity contribution in [2.75, 3.05) is 12.9 Å². The highest BCUT2D eigenvalue weighted by Gasteiger charge is 2.13. The first-order chi connectivity index (χ1) is 11.6. The van der Waals surface area contributed by atoms with Gasteiger partial charge in [-0.1, -0.05) is 30.0 Å². The Balaban J connectivity index is 1.87. The number of allylic oxidation sites excluding steroid dienone is 1. The second-order valence-corrected chi connectivity index (χ2v) is 5.87. The average molecular weight is 350 g/mol. The Bertz CT molecular complexity index is 688. The normalized spacial score (nSPS) is 10.6. The predicted octanol–water partition coefficient (Wildman–Crippen LogP) is 2.16. The summed E-state index contributed by atoms with van der Waals surface area (Å²) < 4.78 is 19.8. The van der Waals surface area contributed by atoms with Crippen molar-refractivity contribution in [1.29, 1.82) is 0 Å². The molecule has 1 N–H and O–H groups in total. The number of amides is 1. The van der Waals surface area contributed by atoms with Gasteiger partial charge in [0.1, 0.15) is 12.4 Å². The van der Waals surface area contributed by atoms with Crippen molar-refractivity contribution in [3.63, 3.8) is 0 Å². The van der Waals surface area contributed by atoms with Crippen LogP contribution in [0.15, 0.2) is 42.1 Å². The molecule has 24 heavy (non-hydrogen) atoms. The minimum absolute atomic E-state index is 0.134. The number of thioether (sulfide) groups is 1. The van der Waals surface area contributed by atoms with E-state index in [1.807, 2.05) is 4.57 Å². The van der Waals surface area contributed by atoms with Gasteiger partial charge in [0.2, 0.25) is 5.91 Å². The second-order valence-electron chi connectivity index (χ2n) is 4.92. The summed E-state index contributed by atoms with van der Waals surface area (Å²) in [5.74, 6) is 0.468. The van der Waals surface area contributed by atoms with Crippen LogP contribution in [0.4, 0.5) is 4.39 Å². The van der Waals surface area contributed by atoms with Gasteiger partial charge in [0.15, 0.2) is 11.0 Å².